The summed E-state index contributed by atoms with van der Waals surface area (Å²) in [6.07, 6.45) is 6.24. The molecule has 0 heterocycles. The number of hydrogen-bond donors (Lipinski definition) is 0. The lowest BCUT2D eigenvalue weighted by atomic mass is 9.59. The predicted molar refractivity (Wildman–Crippen MR) is 75.0 cm³/mol. The number of ether oxygens (including phenoxy) is 2. The molecule has 0 amide bonds. The van der Waals surface area contributed by atoms with E-state index in [-0.39, 0.29) is 17.4 Å². The first-order chi connectivity index (χ1) is 9.63. The molecule has 0 spiro atoms. The Bertz CT molecular complexity index is 412. The van der Waals surface area contributed by atoms with Crippen molar-refractivity contribution >= 4 is 11.9 Å². The SMILES string of the molecule is CCOC(=O)CC1(C(C(=O)OCC)=C2CCC2)CCC1. The minimum Gasteiger partial charge on any atom is -0.466 e. The third kappa shape index (κ3) is 2.89. The molecule has 2 rings (SSSR count). The molecule has 20 heavy (non-hydrogen) atoms. The fraction of sp³-hybridized carbons (Fsp3) is 0.750. The van der Waals surface area contributed by atoms with E-state index < -0.39 is 0 Å². The van der Waals surface area contributed by atoms with Crippen molar-refractivity contribution in [1.82, 2.24) is 0 Å². The van der Waals surface area contributed by atoms with Gasteiger partial charge in [0.25, 0.3) is 0 Å². The third-order valence-electron chi connectivity index (χ3n) is 4.42. The van der Waals surface area contributed by atoms with Crippen LogP contribution in [-0.2, 0) is 19.1 Å². The Balaban J connectivity index is 2.21. The lowest BCUT2D eigenvalue weighted by molar-refractivity contribution is -0.148. The molecule has 0 saturated heterocycles. The summed E-state index contributed by atoms with van der Waals surface area (Å²) < 4.78 is 10.3. The Morgan fingerprint density at radius 2 is 1.70 bits per heavy atom. The number of esters is 2. The molecule has 0 N–H and O–H groups in total. The van der Waals surface area contributed by atoms with Crippen molar-refractivity contribution in [1.29, 1.82) is 0 Å². The van der Waals surface area contributed by atoms with Crippen molar-refractivity contribution in [3.05, 3.63) is 11.1 Å². The molecule has 4 heteroatoms. The normalized spacial score (nSPS) is 19.6. The predicted octanol–water partition coefficient (Wildman–Crippen LogP) is 3.15. The lowest BCUT2D eigenvalue weighted by Gasteiger charge is -2.44. The molecule has 0 radical (unpaired) electrons. The van der Waals surface area contributed by atoms with Crippen LogP contribution in [0.2, 0.25) is 0 Å². The van der Waals surface area contributed by atoms with Crippen molar-refractivity contribution in [2.45, 2.75) is 58.8 Å². The van der Waals surface area contributed by atoms with E-state index in [2.05, 4.69) is 0 Å². The van der Waals surface area contributed by atoms with Crippen LogP contribution >= 0.6 is 0 Å². The topological polar surface area (TPSA) is 52.6 Å². The monoisotopic (exact) mass is 280 g/mol. The summed E-state index contributed by atoms with van der Waals surface area (Å²) in [6, 6.07) is 0. The van der Waals surface area contributed by atoms with Crippen LogP contribution in [0.15, 0.2) is 11.1 Å². The Labute approximate surface area is 120 Å². The highest BCUT2D eigenvalue weighted by Gasteiger charge is 2.47. The van der Waals surface area contributed by atoms with Gasteiger partial charge in [0.15, 0.2) is 0 Å². The van der Waals surface area contributed by atoms with Gasteiger partial charge in [0.05, 0.1) is 19.6 Å². The van der Waals surface area contributed by atoms with E-state index in [0.717, 1.165) is 44.1 Å². The van der Waals surface area contributed by atoms with Crippen LogP contribution in [0.4, 0.5) is 0 Å². The van der Waals surface area contributed by atoms with Crippen LogP contribution in [0, 0.1) is 5.41 Å². The highest BCUT2D eigenvalue weighted by atomic mass is 16.5. The highest BCUT2D eigenvalue weighted by Crippen LogP contribution is 2.53. The average molecular weight is 280 g/mol. The molecule has 0 aromatic rings. The summed E-state index contributed by atoms with van der Waals surface area (Å²) in [7, 11) is 0. The molecule has 0 atom stereocenters. The lowest BCUT2D eigenvalue weighted by Crippen LogP contribution is -2.39. The molecular formula is C16H24O4. The van der Waals surface area contributed by atoms with Gasteiger partial charge in [-0.15, -0.1) is 0 Å². The summed E-state index contributed by atoms with van der Waals surface area (Å²) in [6.45, 7) is 4.40. The largest absolute Gasteiger partial charge is 0.466 e. The minimum atomic E-state index is -0.311. The second-order valence-electron chi connectivity index (χ2n) is 5.67. The van der Waals surface area contributed by atoms with E-state index in [1.165, 1.54) is 5.57 Å². The first kappa shape index (κ1) is 15.1. The minimum absolute atomic E-state index is 0.200. The number of carbonyl (C=O) groups is 2. The highest BCUT2D eigenvalue weighted by molar-refractivity contribution is 5.92. The summed E-state index contributed by atoms with van der Waals surface area (Å²) in [5.41, 5.74) is 1.69. The van der Waals surface area contributed by atoms with Gasteiger partial charge in [-0.05, 0) is 46.0 Å². The summed E-state index contributed by atoms with van der Waals surface area (Å²) in [5.74, 6) is -0.417. The standard InChI is InChI=1S/C16H24O4/c1-3-19-13(17)11-16(9-6-10-16)14(12-7-5-8-12)15(18)20-4-2/h3-11H2,1-2H3. The van der Waals surface area contributed by atoms with E-state index in [4.69, 9.17) is 9.47 Å². The smallest absolute Gasteiger partial charge is 0.334 e. The second-order valence-corrected chi connectivity index (χ2v) is 5.67. The molecule has 0 aromatic carbocycles. The fourth-order valence-electron chi connectivity index (χ4n) is 3.15. The quantitative estimate of drug-likeness (QED) is 0.554. The zero-order chi connectivity index (χ0) is 14.6. The number of rotatable bonds is 6. The molecule has 0 aliphatic heterocycles. The molecule has 2 saturated carbocycles. The van der Waals surface area contributed by atoms with E-state index in [1.54, 1.807) is 0 Å². The Hall–Kier alpha value is -1.32. The summed E-state index contributed by atoms with van der Waals surface area (Å²) in [5, 5.41) is 0. The van der Waals surface area contributed by atoms with E-state index in [9.17, 15) is 9.59 Å². The molecule has 0 unspecified atom stereocenters. The molecule has 0 aromatic heterocycles. The zero-order valence-electron chi connectivity index (χ0n) is 12.5. The molecular weight excluding hydrogens is 256 g/mol. The summed E-state index contributed by atoms with van der Waals surface area (Å²) >= 11 is 0. The zero-order valence-corrected chi connectivity index (χ0v) is 12.5. The van der Waals surface area contributed by atoms with Crippen LogP contribution in [0.3, 0.4) is 0 Å². The Kier molecular flexibility index (Phi) is 4.84. The van der Waals surface area contributed by atoms with E-state index >= 15 is 0 Å². The third-order valence-corrected chi connectivity index (χ3v) is 4.42. The van der Waals surface area contributed by atoms with Gasteiger partial charge in [0, 0.05) is 11.0 Å². The molecule has 2 fully saturated rings. The van der Waals surface area contributed by atoms with Crippen molar-refractivity contribution in [2.75, 3.05) is 13.2 Å². The van der Waals surface area contributed by atoms with Gasteiger partial charge in [-0.25, -0.2) is 4.79 Å². The van der Waals surface area contributed by atoms with Crippen molar-refractivity contribution < 1.29 is 19.1 Å². The Morgan fingerprint density at radius 3 is 2.10 bits per heavy atom. The summed E-state index contributed by atoms with van der Waals surface area (Å²) in [4.78, 5) is 24.2. The van der Waals surface area contributed by atoms with Crippen LogP contribution < -0.4 is 0 Å². The van der Waals surface area contributed by atoms with Crippen molar-refractivity contribution in [3.8, 4) is 0 Å². The molecule has 0 bridgehead atoms. The van der Waals surface area contributed by atoms with Crippen LogP contribution in [-0.4, -0.2) is 25.2 Å². The van der Waals surface area contributed by atoms with Crippen molar-refractivity contribution in [3.63, 3.8) is 0 Å². The van der Waals surface area contributed by atoms with E-state index in [1.807, 2.05) is 13.8 Å². The fourth-order valence-corrected chi connectivity index (χ4v) is 3.15. The van der Waals surface area contributed by atoms with Gasteiger partial charge in [0.2, 0.25) is 0 Å². The van der Waals surface area contributed by atoms with Gasteiger partial charge >= 0.3 is 11.9 Å². The average Bonchev–Trinajstić information content (AvgIpc) is 2.29. The van der Waals surface area contributed by atoms with Gasteiger partial charge in [-0.1, -0.05) is 12.0 Å². The number of carbonyl (C=O) groups excluding carboxylic acids is 2. The maximum atomic E-state index is 12.3. The maximum absolute atomic E-state index is 12.3. The van der Waals surface area contributed by atoms with Gasteiger partial charge in [-0.2, -0.15) is 0 Å². The van der Waals surface area contributed by atoms with Crippen LogP contribution in [0.5, 0.6) is 0 Å². The number of hydrogen-bond acceptors (Lipinski definition) is 4. The van der Waals surface area contributed by atoms with Gasteiger partial charge < -0.3 is 9.47 Å². The first-order valence-electron chi connectivity index (χ1n) is 7.68. The molecule has 2 aliphatic carbocycles. The Morgan fingerprint density at radius 1 is 1.05 bits per heavy atom. The van der Waals surface area contributed by atoms with Crippen LogP contribution in [0.1, 0.15) is 58.8 Å². The maximum Gasteiger partial charge on any atom is 0.334 e. The molecule has 2 aliphatic rings. The first-order valence-corrected chi connectivity index (χ1v) is 7.68. The van der Waals surface area contributed by atoms with E-state index in [0.29, 0.717) is 19.6 Å². The van der Waals surface area contributed by atoms with Crippen LogP contribution in [0.25, 0.3) is 0 Å². The molecule has 112 valence electrons. The second kappa shape index (κ2) is 6.42. The number of allylic oxidation sites excluding steroid dienone is 1. The van der Waals surface area contributed by atoms with Crippen molar-refractivity contribution in [2.24, 2.45) is 5.41 Å². The van der Waals surface area contributed by atoms with Gasteiger partial charge in [-0.3, -0.25) is 4.79 Å². The molecule has 4 nitrogen and oxygen atoms in total. The van der Waals surface area contributed by atoms with Gasteiger partial charge in [0.1, 0.15) is 0 Å².